The molecule has 0 saturated heterocycles. The average molecular weight is 299 g/mol. The van der Waals surface area contributed by atoms with Crippen LogP contribution in [0.1, 0.15) is 16.2 Å². The number of hydrogen-bond acceptors (Lipinski definition) is 3. The lowest BCUT2D eigenvalue weighted by Crippen LogP contribution is -2.00. The minimum atomic E-state index is -0.205. The number of ketones is 1. The molecular weight excluding hydrogens is 286 g/mol. The number of carbonyl (C=O) groups is 1. The minimum absolute atomic E-state index is 0.122. The molecule has 4 rings (SSSR count). The molecule has 3 aromatic carbocycles. The maximum Gasteiger partial charge on any atom is 0.269 e. The summed E-state index contributed by atoms with van der Waals surface area (Å²) in [6, 6.07) is 24.8. The van der Waals surface area contributed by atoms with E-state index >= 15 is 0 Å². The molecule has 0 saturated carbocycles. The minimum Gasteiger partial charge on any atom is -0.433 e. The molecule has 0 spiro atoms. The third-order valence-electron chi connectivity index (χ3n) is 3.72. The number of oxazole rings is 1. The van der Waals surface area contributed by atoms with E-state index in [9.17, 15) is 4.79 Å². The fraction of sp³-hybridized carbons (Fsp3) is 0. The summed E-state index contributed by atoms with van der Waals surface area (Å²) in [5, 5.41) is 0. The second-order valence-corrected chi connectivity index (χ2v) is 5.26. The lowest BCUT2D eigenvalue weighted by atomic mass is 10.1. The zero-order valence-corrected chi connectivity index (χ0v) is 12.3. The second-order valence-electron chi connectivity index (χ2n) is 5.26. The van der Waals surface area contributed by atoms with Crippen LogP contribution in [0.4, 0.5) is 0 Å². The van der Waals surface area contributed by atoms with Gasteiger partial charge >= 0.3 is 0 Å². The van der Waals surface area contributed by atoms with Crippen molar-refractivity contribution in [2.24, 2.45) is 0 Å². The molecule has 3 heteroatoms. The first-order chi connectivity index (χ1) is 11.3. The molecule has 0 aliphatic heterocycles. The van der Waals surface area contributed by atoms with E-state index in [0.717, 1.165) is 11.1 Å². The summed E-state index contributed by atoms with van der Waals surface area (Å²) in [5.74, 6) is -0.0838. The smallest absolute Gasteiger partial charge is 0.269 e. The summed E-state index contributed by atoms with van der Waals surface area (Å²) in [6.45, 7) is 0. The topological polar surface area (TPSA) is 43.1 Å². The van der Waals surface area contributed by atoms with Crippen molar-refractivity contribution in [1.29, 1.82) is 0 Å². The van der Waals surface area contributed by atoms with Gasteiger partial charge in [0.2, 0.25) is 5.78 Å². The molecule has 0 amide bonds. The fourth-order valence-corrected chi connectivity index (χ4v) is 2.55. The SMILES string of the molecule is O=C(c1ccccc1)c1nc2cc(-c3ccccc3)ccc2o1. The highest BCUT2D eigenvalue weighted by atomic mass is 16.4. The van der Waals surface area contributed by atoms with E-state index in [1.54, 1.807) is 12.1 Å². The van der Waals surface area contributed by atoms with Gasteiger partial charge in [-0.05, 0) is 23.3 Å². The Labute approximate surface area is 133 Å². The van der Waals surface area contributed by atoms with Crippen molar-refractivity contribution in [1.82, 2.24) is 4.98 Å². The maximum absolute atomic E-state index is 12.4. The predicted octanol–water partition coefficient (Wildman–Crippen LogP) is 4.73. The zero-order chi connectivity index (χ0) is 15.6. The number of carbonyl (C=O) groups excluding carboxylic acids is 1. The molecule has 1 aromatic heterocycles. The molecule has 4 aromatic rings. The summed E-state index contributed by atoms with van der Waals surface area (Å²) < 4.78 is 5.61. The van der Waals surface area contributed by atoms with E-state index in [0.29, 0.717) is 16.7 Å². The van der Waals surface area contributed by atoms with Crippen molar-refractivity contribution in [3.05, 3.63) is 90.3 Å². The van der Waals surface area contributed by atoms with E-state index in [4.69, 9.17) is 4.42 Å². The van der Waals surface area contributed by atoms with Gasteiger partial charge in [-0.15, -0.1) is 0 Å². The van der Waals surface area contributed by atoms with Gasteiger partial charge in [0, 0.05) is 5.56 Å². The number of fused-ring (bicyclic) bond motifs is 1. The first kappa shape index (κ1) is 13.5. The van der Waals surface area contributed by atoms with Crippen LogP contribution >= 0.6 is 0 Å². The Balaban J connectivity index is 1.75. The van der Waals surface area contributed by atoms with Gasteiger partial charge in [0.25, 0.3) is 5.89 Å². The third-order valence-corrected chi connectivity index (χ3v) is 3.72. The van der Waals surface area contributed by atoms with Crippen LogP contribution in [0.3, 0.4) is 0 Å². The van der Waals surface area contributed by atoms with Crippen LogP contribution in [0.25, 0.3) is 22.2 Å². The van der Waals surface area contributed by atoms with Gasteiger partial charge in [-0.25, -0.2) is 4.98 Å². The molecular formula is C20H13NO2. The highest BCUT2D eigenvalue weighted by Gasteiger charge is 2.16. The predicted molar refractivity (Wildman–Crippen MR) is 89.3 cm³/mol. The fourth-order valence-electron chi connectivity index (χ4n) is 2.55. The molecule has 0 bridgehead atoms. The van der Waals surface area contributed by atoms with Gasteiger partial charge in [-0.2, -0.15) is 0 Å². The Kier molecular flexibility index (Phi) is 3.24. The van der Waals surface area contributed by atoms with Crippen molar-refractivity contribution in [3.63, 3.8) is 0 Å². The van der Waals surface area contributed by atoms with Gasteiger partial charge in [0.1, 0.15) is 5.52 Å². The average Bonchev–Trinajstić information content (AvgIpc) is 3.06. The van der Waals surface area contributed by atoms with Crippen molar-refractivity contribution in [2.45, 2.75) is 0 Å². The summed E-state index contributed by atoms with van der Waals surface area (Å²) in [7, 11) is 0. The number of benzene rings is 3. The Morgan fingerprint density at radius 1 is 0.783 bits per heavy atom. The molecule has 110 valence electrons. The van der Waals surface area contributed by atoms with Gasteiger partial charge < -0.3 is 4.42 Å². The molecule has 0 aliphatic rings. The quantitative estimate of drug-likeness (QED) is 0.514. The molecule has 0 radical (unpaired) electrons. The number of hydrogen-bond donors (Lipinski definition) is 0. The molecule has 1 heterocycles. The third kappa shape index (κ3) is 2.53. The van der Waals surface area contributed by atoms with Crippen molar-refractivity contribution >= 4 is 16.9 Å². The molecule has 3 nitrogen and oxygen atoms in total. The molecule has 0 unspecified atom stereocenters. The van der Waals surface area contributed by atoms with Crippen molar-refractivity contribution < 1.29 is 9.21 Å². The van der Waals surface area contributed by atoms with Crippen LogP contribution in [-0.2, 0) is 0 Å². The summed E-state index contributed by atoms with van der Waals surface area (Å²) in [5.41, 5.74) is 4.02. The number of aromatic nitrogens is 1. The lowest BCUT2D eigenvalue weighted by molar-refractivity contribution is 0.100. The van der Waals surface area contributed by atoms with E-state index in [-0.39, 0.29) is 11.7 Å². The van der Waals surface area contributed by atoms with Gasteiger partial charge in [0.15, 0.2) is 5.58 Å². The zero-order valence-electron chi connectivity index (χ0n) is 12.3. The van der Waals surface area contributed by atoms with Gasteiger partial charge in [-0.1, -0.05) is 66.7 Å². The van der Waals surface area contributed by atoms with E-state index < -0.39 is 0 Å². The van der Waals surface area contributed by atoms with E-state index in [1.165, 1.54) is 0 Å². The highest BCUT2D eigenvalue weighted by Crippen LogP contribution is 2.25. The summed E-state index contributed by atoms with van der Waals surface area (Å²) in [4.78, 5) is 16.8. The molecule has 0 atom stereocenters. The van der Waals surface area contributed by atoms with Crippen LogP contribution in [0, 0.1) is 0 Å². The van der Waals surface area contributed by atoms with Crippen LogP contribution in [0.5, 0.6) is 0 Å². The number of nitrogens with zero attached hydrogens (tertiary/aromatic N) is 1. The summed E-state index contributed by atoms with van der Waals surface area (Å²) >= 11 is 0. The van der Waals surface area contributed by atoms with Gasteiger partial charge in [-0.3, -0.25) is 4.79 Å². The van der Waals surface area contributed by atoms with Crippen molar-refractivity contribution in [3.8, 4) is 11.1 Å². The molecule has 23 heavy (non-hydrogen) atoms. The van der Waals surface area contributed by atoms with Crippen LogP contribution in [0.15, 0.2) is 83.3 Å². The Morgan fingerprint density at radius 2 is 1.48 bits per heavy atom. The van der Waals surface area contributed by atoms with Crippen LogP contribution in [-0.4, -0.2) is 10.8 Å². The monoisotopic (exact) mass is 299 g/mol. The molecule has 0 N–H and O–H groups in total. The lowest BCUT2D eigenvalue weighted by Gasteiger charge is -1.99. The second kappa shape index (κ2) is 5.54. The van der Waals surface area contributed by atoms with Crippen LogP contribution < -0.4 is 0 Å². The number of rotatable bonds is 3. The molecule has 0 aliphatic carbocycles. The normalized spacial score (nSPS) is 10.8. The van der Waals surface area contributed by atoms with E-state index in [1.807, 2.05) is 66.7 Å². The first-order valence-corrected chi connectivity index (χ1v) is 7.37. The maximum atomic E-state index is 12.4. The van der Waals surface area contributed by atoms with Gasteiger partial charge in [0.05, 0.1) is 0 Å². The van der Waals surface area contributed by atoms with Crippen LogP contribution in [0.2, 0.25) is 0 Å². The molecule has 0 fully saturated rings. The first-order valence-electron chi connectivity index (χ1n) is 7.37. The standard InChI is InChI=1S/C20H13NO2/c22-19(15-9-5-2-6-10-15)20-21-17-13-16(11-12-18(17)23-20)14-7-3-1-4-8-14/h1-13H. The van der Waals surface area contributed by atoms with Crippen molar-refractivity contribution in [2.75, 3.05) is 0 Å². The Hall–Kier alpha value is -3.20. The van der Waals surface area contributed by atoms with E-state index in [2.05, 4.69) is 4.98 Å². The highest BCUT2D eigenvalue weighted by molar-refractivity contribution is 6.07. The Bertz CT molecular complexity index is 972. The largest absolute Gasteiger partial charge is 0.433 e. The summed E-state index contributed by atoms with van der Waals surface area (Å²) in [6.07, 6.45) is 0. The Morgan fingerprint density at radius 3 is 2.22 bits per heavy atom.